The molecule has 34 heavy (non-hydrogen) atoms. The third-order valence-corrected chi connectivity index (χ3v) is 7.11. The number of rotatable bonds is 10. The van der Waals surface area contributed by atoms with Crippen molar-refractivity contribution in [1.82, 2.24) is 0 Å². The predicted molar refractivity (Wildman–Crippen MR) is 129 cm³/mol. The fourth-order valence-corrected chi connectivity index (χ4v) is 4.86. The molecular weight excluding hydrogens is 452 g/mol. The molecule has 0 N–H and O–H groups in total. The molecule has 1 aliphatic rings. The largest absolute Gasteiger partial charge is 0.368 e. The second kappa shape index (κ2) is 11.3. The molecule has 1 unspecified atom stereocenters. The summed E-state index contributed by atoms with van der Waals surface area (Å²) in [6.45, 7) is 4.40. The van der Waals surface area contributed by atoms with Crippen molar-refractivity contribution in [2.24, 2.45) is 0 Å². The molecule has 0 aliphatic carbocycles. The Balaban J connectivity index is 1.46. The van der Waals surface area contributed by atoms with Crippen molar-refractivity contribution < 1.29 is 26.8 Å². The van der Waals surface area contributed by atoms with E-state index in [0.717, 1.165) is 16.7 Å². The Hall–Kier alpha value is -2.55. The standard InChI is InChI=1S/C27H30O6S/c1-20-13-15-24(16-14-20)34(28,29)32-19-25-27(31-18-23-11-7-4-8-12-23)26(21(2)33-25)30-17-22-9-5-3-6-10-22/h3-16,21,25-27H,17-19H2,1-2H3/t21-,25+,26+,27?/m0/s1. The van der Waals surface area contributed by atoms with Crippen LogP contribution in [-0.4, -0.2) is 39.4 Å². The van der Waals surface area contributed by atoms with E-state index in [1.807, 2.05) is 74.5 Å². The van der Waals surface area contributed by atoms with Crippen LogP contribution in [0.4, 0.5) is 0 Å². The summed E-state index contributed by atoms with van der Waals surface area (Å²) in [5.41, 5.74) is 3.02. The van der Waals surface area contributed by atoms with Crippen LogP contribution >= 0.6 is 0 Å². The van der Waals surface area contributed by atoms with Crippen molar-refractivity contribution in [3.8, 4) is 0 Å². The van der Waals surface area contributed by atoms with Gasteiger partial charge in [-0.2, -0.15) is 8.42 Å². The lowest BCUT2D eigenvalue weighted by atomic mass is 10.1. The first-order valence-corrected chi connectivity index (χ1v) is 12.8. The zero-order valence-corrected chi connectivity index (χ0v) is 20.2. The molecule has 4 rings (SSSR count). The first-order chi connectivity index (χ1) is 16.4. The molecule has 1 heterocycles. The van der Waals surface area contributed by atoms with Gasteiger partial charge >= 0.3 is 0 Å². The van der Waals surface area contributed by atoms with Gasteiger partial charge in [0.2, 0.25) is 0 Å². The van der Waals surface area contributed by atoms with Crippen molar-refractivity contribution in [2.45, 2.75) is 56.4 Å². The molecular formula is C27H30O6S. The van der Waals surface area contributed by atoms with E-state index in [0.29, 0.717) is 13.2 Å². The maximum Gasteiger partial charge on any atom is 0.297 e. The molecule has 3 aromatic carbocycles. The van der Waals surface area contributed by atoms with E-state index in [1.54, 1.807) is 12.1 Å². The average molecular weight is 483 g/mol. The predicted octanol–water partition coefficient (Wildman–Crippen LogP) is 4.66. The van der Waals surface area contributed by atoms with Crippen LogP contribution in [0.3, 0.4) is 0 Å². The Labute approximate surface area is 201 Å². The van der Waals surface area contributed by atoms with Crippen LogP contribution in [-0.2, 0) is 41.7 Å². The van der Waals surface area contributed by atoms with Gasteiger partial charge in [0.1, 0.15) is 18.3 Å². The third kappa shape index (κ3) is 6.31. The minimum Gasteiger partial charge on any atom is -0.368 e. The molecule has 0 aromatic heterocycles. The Morgan fingerprint density at radius 2 is 1.29 bits per heavy atom. The van der Waals surface area contributed by atoms with Crippen LogP contribution < -0.4 is 0 Å². The molecule has 0 radical (unpaired) electrons. The molecule has 4 atom stereocenters. The van der Waals surface area contributed by atoms with Crippen LogP contribution in [0.5, 0.6) is 0 Å². The van der Waals surface area contributed by atoms with Crippen LogP contribution in [0.15, 0.2) is 89.8 Å². The fraction of sp³-hybridized carbons (Fsp3) is 0.333. The Bertz CT molecular complexity index is 1130. The normalized spacial score (nSPS) is 22.6. The number of benzene rings is 3. The Kier molecular flexibility index (Phi) is 8.13. The topological polar surface area (TPSA) is 71.1 Å². The maximum atomic E-state index is 12.7. The zero-order chi connectivity index (χ0) is 24.0. The summed E-state index contributed by atoms with van der Waals surface area (Å²) in [5.74, 6) is 0. The third-order valence-electron chi connectivity index (χ3n) is 5.81. The van der Waals surface area contributed by atoms with Crippen molar-refractivity contribution >= 4 is 10.1 Å². The van der Waals surface area contributed by atoms with Crippen molar-refractivity contribution in [3.05, 3.63) is 102 Å². The average Bonchev–Trinajstić information content (AvgIpc) is 3.16. The van der Waals surface area contributed by atoms with Gasteiger partial charge in [-0.3, -0.25) is 4.18 Å². The quantitative estimate of drug-likeness (QED) is 0.392. The van der Waals surface area contributed by atoms with Gasteiger partial charge in [-0.1, -0.05) is 78.4 Å². The summed E-state index contributed by atoms with van der Waals surface area (Å²) in [6.07, 6.45) is -1.76. The highest BCUT2D eigenvalue weighted by molar-refractivity contribution is 7.86. The zero-order valence-electron chi connectivity index (χ0n) is 19.4. The van der Waals surface area contributed by atoms with E-state index in [2.05, 4.69) is 0 Å². The second-order valence-corrected chi connectivity index (χ2v) is 10.1. The molecule has 6 nitrogen and oxygen atoms in total. The summed E-state index contributed by atoms with van der Waals surface area (Å²) in [4.78, 5) is 0.114. The fourth-order valence-electron chi connectivity index (χ4n) is 3.94. The van der Waals surface area contributed by atoms with Crippen LogP contribution in [0.1, 0.15) is 23.6 Å². The summed E-state index contributed by atoms with van der Waals surface area (Å²) in [5, 5.41) is 0. The molecule has 1 fully saturated rings. The highest BCUT2D eigenvalue weighted by Crippen LogP contribution is 2.29. The lowest BCUT2D eigenvalue weighted by molar-refractivity contribution is -0.0812. The van der Waals surface area contributed by atoms with Crippen LogP contribution in [0.2, 0.25) is 0 Å². The summed E-state index contributed by atoms with van der Waals surface area (Å²) < 4.78 is 49.3. The molecule has 7 heteroatoms. The molecule has 0 spiro atoms. The highest BCUT2D eigenvalue weighted by Gasteiger charge is 2.45. The summed E-state index contributed by atoms with van der Waals surface area (Å²) >= 11 is 0. The van der Waals surface area contributed by atoms with Crippen LogP contribution in [0, 0.1) is 6.92 Å². The SMILES string of the molecule is Cc1ccc(S(=O)(=O)OC[C@H]2O[C@@H](C)[C@@H](OCc3ccccc3)C2OCc2ccccc2)cc1. The van der Waals surface area contributed by atoms with Crippen molar-refractivity contribution in [1.29, 1.82) is 0 Å². The first-order valence-electron chi connectivity index (χ1n) is 11.3. The number of hydrogen-bond acceptors (Lipinski definition) is 6. The summed E-state index contributed by atoms with van der Waals surface area (Å²) in [7, 11) is -3.92. The highest BCUT2D eigenvalue weighted by atomic mass is 32.2. The van der Waals surface area contributed by atoms with Gasteiger partial charge in [-0.15, -0.1) is 0 Å². The molecule has 180 valence electrons. The van der Waals surface area contributed by atoms with E-state index in [9.17, 15) is 8.42 Å². The number of hydrogen-bond donors (Lipinski definition) is 0. The minimum absolute atomic E-state index is 0.114. The van der Waals surface area contributed by atoms with E-state index in [1.165, 1.54) is 12.1 Å². The van der Waals surface area contributed by atoms with Crippen molar-refractivity contribution in [3.63, 3.8) is 0 Å². The Morgan fingerprint density at radius 1 is 0.765 bits per heavy atom. The molecule has 3 aromatic rings. The monoisotopic (exact) mass is 482 g/mol. The molecule has 1 aliphatic heterocycles. The van der Waals surface area contributed by atoms with Crippen molar-refractivity contribution in [2.75, 3.05) is 6.61 Å². The summed E-state index contributed by atoms with van der Waals surface area (Å²) in [6, 6.07) is 26.2. The lowest BCUT2D eigenvalue weighted by Gasteiger charge is -2.24. The second-order valence-electron chi connectivity index (χ2n) is 8.45. The maximum absolute atomic E-state index is 12.7. The molecule has 0 saturated carbocycles. The minimum atomic E-state index is -3.92. The van der Waals surface area contributed by atoms with Gasteiger partial charge in [0.05, 0.1) is 30.8 Å². The van der Waals surface area contributed by atoms with Gasteiger partial charge < -0.3 is 14.2 Å². The molecule has 0 amide bonds. The Morgan fingerprint density at radius 3 is 1.85 bits per heavy atom. The van der Waals surface area contributed by atoms with E-state index >= 15 is 0 Å². The smallest absolute Gasteiger partial charge is 0.297 e. The van der Waals surface area contributed by atoms with Gasteiger partial charge in [-0.05, 0) is 37.1 Å². The van der Waals surface area contributed by atoms with Gasteiger partial charge in [-0.25, -0.2) is 0 Å². The van der Waals surface area contributed by atoms with E-state index < -0.39 is 22.3 Å². The molecule has 0 bridgehead atoms. The lowest BCUT2D eigenvalue weighted by Crippen LogP contribution is -2.39. The van der Waals surface area contributed by atoms with E-state index in [-0.39, 0.29) is 23.7 Å². The number of ether oxygens (including phenoxy) is 3. The van der Waals surface area contributed by atoms with Gasteiger partial charge in [0.15, 0.2) is 0 Å². The van der Waals surface area contributed by atoms with Gasteiger partial charge in [0, 0.05) is 0 Å². The number of aryl methyl sites for hydroxylation is 1. The molecule has 1 saturated heterocycles. The van der Waals surface area contributed by atoms with Gasteiger partial charge in [0.25, 0.3) is 10.1 Å². The van der Waals surface area contributed by atoms with Crippen LogP contribution in [0.25, 0.3) is 0 Å². The van der Waals surface area contributed by atoms with E-state index in [4.69, 9.17) is 18.4 Å². The first kappa shape index (κ1) is 24.6.